The zero-order valence-corrected chi connectivity index (χ0v) is 21.1. The maximum Gasteiger partial charge on any atom is 0.331 e. The summed E-state index contributed by atoms with van der Waals surface area (Å²) in [7, 11) is 4.52. The van der Waals surface area contributed by atoms with Crippen LogP contribution in [0.1, 0.15) is 32.9 Å². The number of ketones is 1. The molecule has 8 heteroatoms. The summed E-state index contributed by atoms with van der Waals surface area (Å²) in [6, 6.07) is 11.5. The molecule has 0 atom stereocenters. The maximum absolute atomic E-state index is 13.1. The number of rotatable bonds is 11. The highest BCUT2D eigenvalue weighted by molar-refractivity contribution is 6.00. The zero-order chi connectivity index (χ0) is 26.2. The summed E-state index contributed by atoms with van der Waals surface area (Å²) >= 11 is 0. The molecule has 0 fully saturated rings. The highest BCUT2D eigenvalue weighted by atomic mass is 19.1. The van der Waals surface area contributed by atoms with Gasteiger partial charge in [0.25, 0.3) is 0 Å². The van der Waals surface area contributed by atoms with Crippen molar-refractivity contribution in [1.82, 2.24) is 4.57 Å². The van der Waals surface area contributed by atoms with E-state index in [1.165, 1.54) is 39.5 Å². The predicted octanol–water partition coefficient (Wildman–Crippen LogP) is 4.95. The molecule has 0 saturated heterocycles. The Hall–Kier alpha value is -4.07. The van der Waals surface area contributed by atoms with Gasteiger partial charge in [-0.1, -0.05) is 12.1 Å². The Morgan fingerprint density at radius 3 is 2.17 bits per heavy atom. The summed E-state index contributed by atoms with van der Waals surface area (Å²) in [5.41, 5.74) is 3.87. The Morgan fingerprint density at radius 1 is 0.944 bits per heavy atom. The molecule has 0 bridgehead atoms. The number of ether oxygens (including phenoxy) is 4. The van der Waals surface area contributed by atoms with Crippen LogP contribution in [0.15, 0.2) is 48.5 Å². The van der Waals surface area contributed by atoms with Gasteiger partial charge in [0.15, 0.2) is 18.1 Å². The van der Waals surface area contributed by atoms with E-state index in [9.17, 15) is 14.0 Å². The van der Waals surface area contributed by atoms with Crippen molar-refractivity contribution >= 4 is 17.8 Å². The highest BCUT2D eigenvalue weighted by Gasteiger charge is 2.17. The van der Waals surface area contributed by atoms with Crippen LogP contribution in [0.3, 0.4) is 0 Å². The van der Waals surface area contributed by atoms with Gasteiger partial charge in [-0.2, -0.15) is 0 Å². The Bertz CT molecular complexity index is 1230. The summed E-state index contributed by atoms with van der Waals surface area (Å²) in [5, 5.41) is 0. The number of aromatic nitrogens is 1. The fourth-order valence-electron chi connectivity index (χ4n) is 3.94. The van der Waals surface area contributed by atoms with E-state index >= 15 is 0 Å². The van der Waals surface area contributed by atoms with Gasteiger partial charge in [-0.15, -0.1) is 0 Å². The highest BCUT2D eigenvalue weighted by Crippen LogP contribution is 2.38. The van der Waals surface area contributed by atoms with E-state index in [1.807, 2.05) is 18.4 Å². The average Bonchev–Trinajstić information content (AvgIpc) is 3.17. The average molecular weight is 496 g/mol. The van der Waals surface area contributed by atoms with Crippen molar-refractivity contribution < 1.29 is 32.9 Å². The summed E-state index contributed by atoms with van der Waals surface area (Å²) in [4.78, 5) is 25.0. The van der Waals surface area contributed by atoms with Gasteiger partial charge in [-0.3, -0.25) is 4.79 Å². The second-order valence-corrected chi connectivity index (χ2v) is 8.14. The molecule has 7 nitrogen and oxygen atoms in total. The number of nitrogens with zero attached hydrogens (tertiary/aromatic N) is 1. The van der Waals surface area contributed by atoms with Gasteiger partial charge in [0.1, 0.15) is 5.82 Å². The third-order valence-electron chi connectivity index (χ3n) is 5.86. The van der Waals surface area contributed by atoms with E-state index in [0.29, 0.717) is 41.3 Å². The lowest BCUT2D eigenvalue weighted by atomic mass is 10.1. The summed E-state index contributed by atoms with van der Waals surface area (Å²) in [6.07, 6.45) is 3.48. The molecular weight excluding hydrogens is 465 g/mol. The van der Waals surface area contributed by atoms with Gasteiger partial charge in [-0.05, 0) is 67.8 Å². The number of esters is 1. The molecule has 0 aliphatic carbocycles. The number of methoxy groups -OCH3 is 3. The third kappa shape index (κ3) is 6.33. The van der Waals surface area contributed by atoms with Crippen LogP contribution in [0, 0.1) is 19.7 Å². The van der Waals surface area contributed by atoms with Crippen molar-refractivity contribution in [3.05, 3.63) is 82.4 Å². The van der Waals surface area contributed by atoms with Crippen LogP contribution in [0.2, 0.25) is 0 Å². The van der Waals surface area contributed by atoms with Crippen LogP contribution in [0.4, 0.5) is 4.39 Å². The van der Waals surface area contributed by atoms with E-state index in [-0.39, 0.29) is 18.2 Å². The molecule has 0 unspecified atom stereocenters. The van der Waals surface area contributed by atoms with Gasteiger partial charge in [0, 0.05) is 29.6 Å². The molecule has 3 aromatic rings. The summed E-state index contributed by atoms with van der Waals surface area (Å²) < 4.78 is 36.2. The number of halogens is 1. The number of Topliss-reactive ketones (excluding diaryl/α,β-unsaturated/α-hetero) is 1. The standard InChI is InChI=1S/C28H30FNO6/c1-18-14-23(19(2)30(18)13-12-20-6-9-22(29)10-7-20)24(31)17-36-27(32)11-8-21-15-25(33-3)28(35-5)26(16-21)34-4/h6-11,14-16H,12-13,17H2,1-5H3. The number of hydrogen-bond acceptors (Lipinski definition) is 6. The van der Waals surface area contributed by atoms with Gasteiger partial charge in [0.05, 0.1) is 21.3 Å². The largest absolute Gasteiger partial charge is 0.493 e. The quantitative estimate of drug-likeness (QED) is 0.213. The smallest absolute Gasteiger partial charge is 0.331 e. The van der Waals surface area contributed by atoms with Crippen LogP contribution in [-0.2, 0) is 22.5 Å². The third-order valence-corrected chi connectivity index (χ3v) is 5.86. The molecule has 0 aliphatic heterocycles. The Kier molecular flexibility index (Phi) is 8.89. The molecule has 0 aliphatic rings. The SMILES string of the molecule is COc1cc(C=CC(=O)OCC(=O)c2cc(C)n(CCc3ccc(F)cc3)c2C)cc(OC)c1OC. The Morgan fingerprint density at radius 2 is 1.58 bits per heavy atom. The first kappa shape index (κ1) is 26.5. The molecule has 1 heterocycles. The van der Waals surface area contributed by atoms with E-state index in [0.717, 1.165) is 17.0 Å². The topological polar surface area (TPSA) is 76.0 Å². The van der Waals surface area contributed by atoms with Gasteiger partial charge in [0.2, 0.25) is 11.5 Å². The van der Waals surface area contributed by atoms with Crippen LogP contribution < -0.4 is 14.2 Å². The molecule has 0 amide bonds. The minimum Gasteiger partial charge on any atom is -0.493 e. The number of carbonyl (C=O) groups is 2. The van der Waals surface area contributed by atoms with Gasteiger partial charge >= 0.3 is 5.97 Å². The number of hydrogen-bond donors (Lipinski definition) is 0. The molecule has 190 valence electrons. The van der Waals surface area contributed by atoms with Crippen molar-refractivity contribution in [3.8, 4) is 17.2 Å². The molecule has 0 spiro atoms. The minimum absolute atomic E-state index is 0.271. The first-order valence-corrected chi connectivity index (χ1v) is 11.4. The molecule has 36 heavy (non-hydrogen) atoms. The predicted molar refractivity (Wildman–Crippen MR) is 134 cm³/mol. The normalized spacial score (nSPS) is 10.9. The Balaban J connectivity index is 1.61. The molecule has 0 radical (unpaired) electrons. The van der Waals surface area contributed by atoms with Crippen LogP contribution in [0.25, 0.3) is 6.08 Å². The number of aryl methyl sites for hydroxylation is 2. The lowest BCUT2D eigenvalue weighted by Crippen LogP contribution is -2.14. The number of benzene rings is 2. The fraction of sp³-hybridized carbons (Fsp3) is 0.286. The lowest BCUT2D eigenvalue weighted by molar-refractivity contribution is -0.136. The minimum atomic E-state index is -0.651. The zero-order valence-electron chi connectivity index (χ0n) is 21.1. The first-order chi connectivity index (χ1) is 17.3. The molecular formula is C28H30FNO6. The molecule has 0 saturated carbocycles. The van der Waals surface area contributed by atoms with E-state index in [1.54, 1.807) is 36.4 Å². The first-order valence-electron chi connectivity index (χ1n) is 11.4. The van der Waals surface area contributed by atoms with Crippen molar-refractivity contribution in [2.75, 3.05) is 27.9 Å². The molecule has 0 N–H and O–H groups in total. The lowest BCUT2D eigenvalue weighted by Gasteiger charge is -2.12. The van der Waals surface area contributed by atoms with Crippen LogP contribution in [0.5, 0.6) is 17.2 Å². The van der Waals surface area contributed by atoms with E-state index < -0.39 is 5.97 Å². The second-order valence-electron chi connectivity index (χ2n) is 8.14. The second kappa shape index (κ2) is 12.1. The maximum atomic E-state index is 13.1. The monoisotopic (exact) mass is 495 g/mol. The fourth-order valence-corrected chi connectivity index (χ4v) is 3.94. The molecule has 3 rings (SSSR count). The molecule has 2 aromatic carbocycles. The van der Waals surface area contributed by atoms with Gasteiger partial charge in [-0.25, -0.2) is 9.18 Å². The van der Waals surface area contributed by atoms with Crippen LogP contribution >= 0.6 is 0 Å². The summed E-state index contributed by atoms with van der Waals surface area (Å²) in [5.74, 6) is 0.144. The van der Waals surface area contributed by atoms with E-state index in [4.69, 9.17) is 18.9 Å². The molecule has 1 aromatic heterocycles. The Labute approximate surface area is 210 Å². The van der Waals surface area contributed by atoms with Crippen LogP contribution in [-0.4, -0.2) is 44.3 Å². The number of carbonyl (C=O) groups excluding carboxylic acids is 2. The van der Waals surface area contributed by atoms with E-state index in [2.05, 4.69) is 0 Å². The van der Waals surface area contributed by atoms with Crippen molar-refractivity contribution in [2.45, 2.75) is 26.8 Å². The summed E-state index contributed by atoms with van der Waals surface area (Å²) in [6.45, 7) is 4.05. The van der Waals surface area contributed by atoms with Gasteiger partial charge < -0.3 is 23.5 Å². The van der Waals surface area contributed by atoms with Crippen molar-refractivity contribution in [1.29, 1.82) is 0 Å². The van der Waals surface area contributed by atoms with Crippen molar-refractivity contribution in [3.63, 3.8) is 0 Å². The van der Waals surface area contributed by atoms with Crippen molar-refractivity contribution in [2.24, 2.45) is 0 Å².